The standard InChI is InChI=1S/C17H31N5S.HI/c1-13(2)22-9-5-6-15(12-22)11-21-17(18-4)19-8-7-16-20-10-14(3)23-16;/h10,13,15H,5-9,11-12H2,1-4H3,(H2,18,19,21);1H. The lowest BCUT2D eigenvalue weighted by Gasteiger charge is -2.35. The van der Waals surface area contributed by atoms with Gasteiger partial charge in [-0.2, -0.15) is 0 Å². The predicted molar refractivity (Wildman–Crippen MR) is 115 cm³/mol. The van der Waals surface area contributed by atoms with Crippen LogP contribution in [-0.2, 0) is 6.42 Å². The van der Waals surface area contributed by atoms with E-state index in [0.717, 1.165) is 25.5 Å². The van der Waals surface area contributed by atoms with Gasteiger partial charge in [0.25, 0.3) is 0 Å². The molecule has 138 valence electrons. The van der Waals surface area contributed by atoms with Gasteiger partial charge in [-0.1, -0.05) is 0 Å². The van der Waals surface area contributed by atoms with Crippen LogP contribution in [-0.4, -0.2) is 55.1 Å². The van der Waals surface area contributed by atoms with E-state index in [1.54, 1.807) is 11.3 Å². The molecule has 1 fully saturated rings. The highest BCUT2D eigenvalue weighted by Crippen LogP contribution is 2.17. The number of hydrogen-bond acceptors (Lipinski definition) is 4. The number of aromatic nitrogens is 1. The van der Waals surface area contributed by atoms with Crippen molar-refractivity contribution in [1.82, 2.24) is 20.5 Å². The molecule has 0 bridgehead atoms. The highest BCUT2D eigenvalue weighted by Gasteiger charge is 2.21. The van der Waals surface area contributed by atoms with E-state index in [1.165, 1.54) is 35.8 Å². The molecule has 0 aliphatic carbocycles. The van der Waals surface area contributed by atoms with Gasteiger partial charge >= 0.3 is 0 Å². The number of nitrogens with zero attached hydrogens (tertiary/aromatic N) is 3. The molecule has 1 aromatic heterocycles. The van der Waals surface area contributed by atoms with Gasteiger partial charge in [0.2, 0.25) is 0 Å². The maximum atomic E-state index is 4.40. The topological polar surface area (TPSA) is 52.6 Å². The largest absolute Gasteiger partial charge is 0.356 e. The first-order chi connectivity index (χ1) is 11.1. The highest BCUT2D eigenvalue weighted by atomic mass is 127. The minimum absolute atomic E-state index is 0. The average molecular weight is 465 g/mol. The molecule has 24 heavy (non-hydrogen) atoms. The second-order valence-electron chi connectivity index (χ2n) is 6.59. The Hall–Kier alpha value is -0.410. The fourth-order valence-electron chi connectivity index (χ4n) is 3.00. The van der Waals surface area contributed by atoms with E-state index >= 15 is 0 Å². The highest BCUT2D eigenvalue weighted by molar-refractivity contribution is 14.0. The Labute approximate surface area is 167 Å². The molecule has 2 rings (SSSR count). The number of guanidine groups is 1. The van der Waals surface area contributed by atoms with E-state index in [4.69, 9.17) is 0 Å². The normalized spacial score (nSPS) is 19.2. The molecule has 1 aromatic rings. The van der Waals surface area contributed by atoms with Gasteiger partial charge in [-0.15, -0.1) is 35.3 Å². The van der Waals surface area contributed by atoms with Crippen LogP contribution in [0.3, 0.4) is 0 Å². The smallest absolute Gasteiger partial charge is 0.191 e. The number of aliphatic imine (C=N–C) groups is 1. The van der Waals surface area contributed by atoms with Crippen LogP contribution in [0.2, 0.25) is 0 Å². The molecular formula is C17H32IN5S. The molecular weight excluding hydrogens is 433 g/mol. The molecule has 5 nitrogen and oxygen atoms in total. The van der Waals surface area contributed by atoms with Crippen molar-refractivity contribution >= 4 is 41.3 Å². The Balaban J connectivity index is 0.00000288. The zero-order valence-electron chi connectivity index (χ0n) is 15.3. The molecule has 1 aliphatic rings. The predicted octanol–water partition coefficient (Wildman–Crippen LogP) is 2.90. The number of piperidine rings is 1. The van der Waals surface area contributed by atoms with Gasteiger partial charge in [-0.25, -0.2) is 4.98 Å². The van der Waals surface area contributed by atoms with Crippen LogP contribution < -0.4 is 10.6 Å². The van der Waals surface area contributed by atoms with Gasteiger partial charge in [0.05, 0.1) is 5.01 Å². The molecule has 2 N–H and O–H groups in total. The monoisotopic (exact) mass is 465 g/mol. The SMILES string of the molecule is CN=C(NCCc1ncc(C)s1)NCC1CCCN(C(C)C)C1.I. The molecule has 1 atom stereocenters. The summed E-state index contributed by atoms with van der Waals surface area (Å²) in [5.41, 5.74) is 0. The third kappa shape index (κ3) is 7.23. The van der Waals surface area contributed by atoms with Crippen LogP contribution in [0.4, 0.5) is 0 Å². The summed E-state index contributed by atoms with van der Waals surface area (Å²) in [6.45, 7) is 11.0. The van der Waals surface area contributed by atoms with Crippen molar-refractivity contribution in [3.63, 3.8) is 0 Å². The molecule has 1 saturated heterocycles. The van der Waals surface area contributed by atoms with Crippen LogP contribution >= 0.6 is 35.3 Å². The average Bonchev–Trinajstić information content (AvgIpc) is 2.96. The molecule has 2 heterocycles. The molecule has 1 aliphatic heterocycles. The van der Waals surface area contributed by atoms with Crippen molar-refractivity contribution in [1.29, 1.82) is 0 Å². The van der Waals surface area contributed by atoms with Gasteiger partial charge in [0.1, 0.15) is 0 Å². The van der Waals surface area contributed by atoms with Crippen molar-refractivity contribution in [2.24, 2.45) is 10.9 Å². The molecule has 0 radical (unpaired) electrons. The number of halogens is 1. The van der Waals surface area contributed by atoms with Gasteiger partial charge in [-0.3, -0.25) is 4.99 Å². The molecule has 0 aromatic carbocycles. The summed E-state index contributed by atoms with van der Waals surface area (Å²) in [5.74, 6) is 1.62. The minimum Gasteiger partial charge on any atom is -0.356 e. The zero-order valence-corrected chi connectivity index (χ0v) is 18.5. The minimum atomic E-state index is 0. The molecule has 7 heteroatoms. The maximum Gasteiger partial charge on any atom is 0.191 e. The summed E-state index contributed by atoms with van der Waals surface area (Å²) in [5, 5.41) is 8.06. The van der Waals surface area contributed by atoms with Crippen molar-refractivity contribution in [3.05, 3.63) is 16.1 Å². The lowest BCUT2D eigenvalue weighted by atomic mass is 9.97. The van der Waals surface area contributed by atoms with Crippen LogP contribution in [0.15, 0.2) is 11.2 Å². The van der Waals surface area contributed by atoms with E-state index in [0.29, 0.717) is 12.0 Å². The Morgan fingerprint density at radius 3 is 2.88 bits per heavy atom. The molecule has 1 unspecified atom stereocenters. The lowest BCUT2D eigenvalue weighted by Crippen LogP contribution is -2.46. The van der Waals surface area contributed by atoms with Crippen molar-refractivity contribution < 1.29 is 0 Å². The molecule has 0 amide bonds. The number of nitrogens with one attached hydrogen (secondary N) is 2. The maximum absolute atomic E-state index is 4.40. The Morgan fingerprint density at radius 2 is 2.25 bits per heavy atom. The van der Waals surface area contributed by atoms with E-state index in [9.17, 15) is 0 Å². The van der Waals surface area contributed by atoms with E-state index in [1.807, 2.05) is 13.2 Å². The Morgan fingerprint density at radius 1 is 1.46 bits per heavy atom. The van der Waals surface area contributed by atoms with Crippen LogP contribution in [0.1, 0.15) is 36.6 Å². The van der Waals surface area contributed by atoms with E-state index in [2.05, 4.69) is 46.3 Å². The number of likely N-dealkylation sites (tertiary alicyclic amines) is 1. The first kappa shape index (κ1) is 21.6. The molecule has 0 spiro atoms. The number of thiazole rings is 1. The fraction of sp³-hybridized carbons (Fsp3) is 0.765. The van der Waals surface area contributed by atoms with Crippen molar-refractivity contribution in [3.8, 4) is 0 Å². The third-order valence-electron chi connectivity index (χ3n) is 4.36. The zero-order chi connectivity index (χ0) is 16.7. The summed E-state index contributed by atoms with van der Waals surface area (Å²) in [4.78, 5) is 12.6. The molecule has 0 saturated carbocycles. The number of rotatable bonds is 6. The Kier molecular flexibility index (Phi) is 10.1. The number of hydrogen-bond donors (Lipinski definition) is 2. The fourth-order valence-corrected chi connectivity index (χ4v) is 3.79. The summed E-state index contributed by atoms with van der Waals surface area (Å²) in [6.07, 6.45) is 5.51. The van der Waals surface area contributed by atoms with Gasteiger partial charge in [0, 0.05) is 50.2 Å². The van der Waals surface area contributed by atoms with Gasteiger partial charge < -0.3 is 15.5 Å². The van der Waals surface area contributed by atoms with Crippen LogP contribution in [0, 0.1) is 12.8 Å². The number of aryl methyl sites for hydroxylation is 1. The third-order valence-corrected chi connectivity index (χ3v) is 5.34. The van der Waals surface area contributed by atoms with Gasteiger partial charge in [-0.05, 0) is 46.1 Å². The summed E-state index contributed by atoms with van der Waals surface area (Å²) in [6, 6.07) is 0.650. The van der Waals surface area contributed by atoms with Crippen LogP contribution in [0.5, 0.6) is 0 Å². The summed E-state index contributed by atoms with van der Waals surface area (Å²) >= 11 is 1.77. The van der Waals surface area contributed by atoms with E-state index in [-0.39, 0.29) is 24.0 Å². The Bertz CT molecular complexity index is 503. The lowest BCUT2D eigenvalue weighted by molar-refractivity contribution is 0.141. The van der Waals surface area contributed by atoms with Crippen molar-refractivity contribution in [2.75, 3.05) is 33.2 Å². The first-order valence-electron chi connectivity index (χ1n) is 8.68. The quantitative estimate of drug-likeness (QED) is 0.386. The first-order valence-corrected chi connectivity index (χ1v) is 9.50. The second-order valence-corrected chi connectivity index (χ2v) is 7.91. The van der Waals surface area contributed by atoms with Crippen molar-refractivity contribution in [2.45, 2.75) is 46.1 Å². The summed E-state index contributed by atoms with van der Waals surface area (Å²) in [7, 11) is 1.84. The second kappa shape index (κ2) is 11.3. The van der Waals surface area contributed by atoms with Gasteiger partial charge in [0.15, 0.2) is 5.96 Å². The summed E-state index contributed by atoms with van der Waals surface area (Å²) < 4.78 is 0. The van der Waals surface area contributed by atoms with E-state index < -0.39 is 0 Å². The van der Waals surface area contributed by atoms with Crippen LogP contribution in [0.25, 0.3) is 0 Å².